The van der Waals surface area contributed by atoms with Crippen LogP contribution in [-0.4, -0.2) is 22.2 Å². The Balaban J connectivity index is 1.26. The molecule has 1 N–H and O–H groups in total. The molecule has 0 aliphatic rings. The van der Waals surface area contributed by atoms with E-state index >= 15 is 0 Å². The molecule has 0 fully saturated rings. The second-order valence-electron chi connectivity index (χ2n) is 8.09. The van der Waals surface area contributed by atoms with Crippen molar-refractivity contribution in [1.82, 2.24) is 15.1 Å². The van der Waals surface area contributed by atoms with Crippen molar-refractivity contribution in [2.75, 3.05) is 6.54 Å². The number of carbonyl (C=O) groups excluding carboxylic acids is 1. The molecule has 0 saturated carbocycles. The number of amides is 1. The highest BCUT2D eigenvalue weighted by atomic mass is 16.5. The molecule has 1 heterocycles. The first kappa shape index (κ1) is 22.3. The van der Waals surface area contributed by atoms with Crippen molar-refractivity contribution in [2.24, 2.45) is 0 Å². The molecule has 168 valence electrons. The zero-order valence-corrected chi connectivity index (χ0v) is 19.1. The third-order valence-electron chi connectivity index (χ3n) is 5.69. The first-order valence-corrected chi connectivity index (χ1v) is 11.2. The Morgan fingerprint density at radius 1 is 0.879 bits per heavy atom. The number of hydrogen-bond donors (Lipinski definition) is 1. The van der Waals surface area contributed by atoms with Crippen LogP contribution in [0.4, 0.5) is 0 Å². The van der Waals surface area contributed by atoms with Gasteiger partial charge < -0.3 is 10.1 Å². The number of ether oxygens (including phenoxy) is 1. The van der Waals surface area contributed by atoms with E-state index in [1.54, 1.807) is 0 Å². The fraction of sp³-hybridized carbons (Fsp3) is 0.214. The predicted molar refractivity (Wildman–Crippen MR) is 131 cm³/mol. The molecule has 0 atom stereocenters. The van der Waals surface area contributed by atoms with Crippen LogP contribution in [0.5, 0.6) is 5.75 Å². The minimum atomic E-state index is 0.0108. The lowest BCUT2D eigenvalue weighted by Gasteiger charge is -2.09. The number of nitrogens with one attached hydrogen (secondary N) is 1. The molecule has 0 radical (unpaired) electrons. The largest absolute Gasteiger partial charge is 0.489 e. The Labute approximate surface area is 195 Å². The van der Waals surface area contributed by atoms with Crippen molar-refractivity contribution < 1.29 is 9.53 Å². The lowest BCUT2D eigenvalue weighted by molar-refractivity contribution is -0.120. The second-order valence-corrected chi connectivity index (χ2v) is 8.09. The van der Waals surface area contributed by atoms with Crippen LogP contribution in [0.3, 0.4) is 0 Å². The van der Waals surface area contributed by atoms with Gasteiger partial charge in [0.15, 0.2) is 0 Å². The summed E-state index contributed by atoms with van der Waals surface area (Å²) in [6, 6.07) is 28.1. The van der Waals surface area contributed by atoms with Crippen LogP contribution in [-0.2, 0) is 24.2 Å². The van der Waals surface area contributed by atoms with E-state index in [0.29, 0.717) is 19.6 Å². The van der Waals surface area contributed by atoms with Gasteiger partial charge in [0.05, 0.1) is 17.8 Å². The Bertz CT molecular complexity index is 1180. The predicted octanol–water partition coefficient (Wildman–Crippen LogP) is 4.97. The number of benzene rings is 3. The molecule has 5 nitrogen and oxygen atoms in total. The van der Waals surface area contributed by atoms with E-state index in [2.05, 4.69) is 10.4 Å². The van der Waals surface area contributed by atoms with Crippen molar-refractivity contribution in [1.29, 1.82) is 0 Å². The number of para-hydroxylation sites is 1. The van der Waals surface area contributed by atoms with Gasteiger partial charge in [-0.2, -0.15) is 5.10 Å². The average molecular weight is 440 g/mol. The maximum atomic E-state index is 12.6. The van der Waals surface area contributed by atoms with Crippen LogP contribution in [0.1, 0.15) is 28.1 Å². The Kier molecular flexibility index (Phi) is 7.20. The summed E-state index contributed by atoms with van der Waals surface area (Å²) in [5.74, 6) is 0.852. The molecule has 0 unspecified atom stereocenters. The molecular formula is C28H29N3O2. The first-order chi connectivity index (χ1) is 16.1. The molecule has 1 aromatic heterocycles. The van der Waals surface area contributed by atoms with Crippen molar-refractivity contribution in [3.8, 4) is 11.4 Å². The van der Waals surface area contributed by atoms with Gasteiger partial charge >= 0.3 is 0 Å². The van der Waals surface area contributed by atoms with E-state index in [-0.39, 0.29) is 5.91 Å². The zero-order valence-electron chi connectivity index (χ0n) is 19.1. The molecule has 4 aromatic rings. The summed E-state index contributed by atoms with van der Waals surface area (Å²) in [5, 5.41) is 7.67. The Morgan fingerprint density at radius 2 is 1.55 bits per heavy atom. The highest BCUT2D eigenvalue weighted by Crippen LogP contribution is 2.18. The van der Waals surface area contributed by atoms with Crippen LogP contribution in [0, 0.1) is 13.8 Å². The number of nitrogens with zero attached hydrogens (tertiary/aromatic N) is 2. The Hall–Kier alpha value is -3.86. The number of aryl methyl sites for hydroxylation is 1. The first-order valence-electron chi connectivity index (χ1n) is 11.2. The van der Waals surface area contributed by atoms with Gasteiger partial charge in [0, 0.05) is 17.8 Å². The van der Waals surface area contributed by atoms with Crippen molar-refractivity contribution in [3.05, 3.63) is 113 Å². The SMILES string of the molecule is Cc1nn(-c2ccccc2)c(C)c1CC(=O)NCCc1ccc(OCc2ccccc2)cc1. The van der Waals surface area contributed by atoms with E-state index in [1.165, 1.54) is 0 Å². The van der Waals surface area contributed by atoms with E-state index in [9.17, 15) is 4.79 Å². The topological polar surface area (TPSA) is 56.2 Å². The number of rotatable bonds is 9. The second kappa shape index (κ2) is 10.6. The summed E-state index contributed by atoms with van der Waals surface area (Å²) in [4.78, 5) is 12.6. The van der Waals surface area contributed by atoms with Gasteiger partial charge in [0.2, 0.25) is 5.91 Å². The molecule has 0 saturated heterocycles. The number of hydrogen-bond acceptors (Lipinski definition) is 3. The molecule has 3 aromatic carbocycles. The van der Waals surface area contributed by atoms with E-state index in [1.807, 2.05) is 103 Å². The highest BCUT2D eigenvalue weighted by Gasteiger charge is 2.15. The highest BCUT2D eigenvalue weighted by molar-refractivity contribution is 5.79. The van der Waals surface area contributed by atoms with Gasteiger partial charge in [-0.1, -0.05) is 60.7 Å². The molecule has 1 amide bonds. The summed E-state index contributed by atoms with van der Waals surface area (Å²) in [6.07, 6.45) is 1.10. The third kappa shape index (κ3) is 5.89. The molecular weight excluding hydrogens is 410 g/mol. The van der Waals surface area contributed by atoms with Crippen LogP contribution in [0.2, 0.25) is 0 Å². The van der Waals surface area contributed by atoms with E-state index < -0.39 is 0 Å². The third-order valence-corrected chi connectivity index (χ3v) is 5.69. The monoisotopic (exact) mass is 439 g/mol. The van der Waals surface area contributed by atoms with Gasteiger partial charge in [0.1, 0.15) is 12.4 Å². The smallest absolute Gasteiger partial charge is 0.224 e. The minimum absolute atomic E-state index is 0.0108. The standard InChI is InChI=1S/C28H29N3O2/c1-21-27(22(2)31(30-21)25-11-7-4-8-12-25)19-28(32)29-18-17-23-13-15-26(16-14-23)33-20-24-9-5-3-6-10-24/h3-16H,17-20H2,1-2H3,(H,29,32). The van der Waals surface area contributed by atoms with Gasteiger partial charge in [-0.3, -0.25) is 4.79 Å². The normalized spacial score (nSPS) is 10.7. The van der Waals surface area contributed by atoms with Crippen molar-refractivity contribution in [3.63, 3.8) is 0 Å². The van der Waals surface area contributed by atoms with Gasteiger partial charge in [-0.05, 0) is 55.7 Å². The van der Waals surface area contributed by atoms with Gasteiger partial charge in [-0.15, -0.1) is 0 Å². The molecule has 0 spiro atoms. The molecule has 33 heavy (non-hydrogen) atoms. The van der Waals surface area contributed by atoms with Crippen LogP contribution >= 0.6 is 0 Å². The fourth-order valence-electron chi connectivity index (χ4n) is 3.81. The molecule has 0 aliphatic heterocycles. The lowest BCUT2D eigenvalue weighted by atomic mass is 10.1. The Morgan fingerprint density at radius 3 is 2.24 bits per heavy atom. The summed E-state index contributed by atoms with van der Waals surface area (Å²) in [7, 11) is 0. The average Bonchev–Trinajstić information content (AvgIpc) is 3.13. The molecule has 4 rings (SSSR count). The zero-order chi connectivity index (χ0) is 23.0. The molecule has 0 aliphatic carbocycles. The molecule has 5 heteroatoms. The van der Waals surface area contributed by atoms with E-state index in [4.69, 9.17) is 4.74 Å². The van der Waals surface area contributed by atoms with Gasteiger partial charge in [0.25, 0.3) is 0 Å². The summed E-state index contributed by atoms with van der Waals surface area (Å²) < 4.78 is 7.74. The minimum Gasteiger partial charge on any atom is -0.489 e. The van der Waals surface area contributed by atoms with Crippen LogP contribution in [0.25, 0.3) is 5.69 Å². The summed E-state index contributed by atoms with van der Waals surface area (Å²) in [5.41, 5.74) is 6.17. The summed E-state index contributed by atoms with van der Waals surface area (Å²) >= 11 is 0. The lowest BCUT2D eigenvalue weighted by Crippen LogP contribution is -2.27. The molecule has 0 bridgehead atoms. The van der Waals surface area contributed by atoms with E-state index in [0.717, 1.165) is 45.9 Å². The number of carbonyl (C=O) groups is 1. The number of aromatic nitrogens is 2. The van der Waals surface area contributed by atoms with Gasteiger partial charge in [-0.25, -0.2) is 4.68 Å². The fourth-order valence-corrected chi connectivity index (χ4v) is 3.81. The maximum absolute atomic E-state index is 12.6. The quantitative estimate of drug-likeness (QED) is 0.401. The summed E-state index contributed by atoms with van der Waals surface area (Å²) in [6.45, 7) is 5.11. The maximum Gasteiger partial charge on any atom is 0.224 e. The van der Waals surface area contributed by atoms with Crippen molar-refractivity contribution in [2.45, 2.75) is 33.3 Å². The van der Waals surface area contributed by atoms with Crippen LogP contribution in [0.15, 0.2) is 84.9 Å². The van der Waals surface area contributed by atoms with Crippen molar-refractivity contribution >= 4 is 5.91 Å². The van der Waals surface area contributed by atoms with Crippen LogP contribution < -0.4 is 10.1 Å².